The minimum absolute atomic E-state index is 0.574. The van der Waals surface area contributed by atoms with Gasteiger partial charge < -0.3 is 4.57 Å². The number of aryl methyl sites for hydroxylation is 3. The van der Waals surface area contributed by atoms with Crippen LogP contribution < -0.4 is 0 Å². The van der Waals surface area contributed by atoms with Crippen molar-refractivity contribution >= 4 is 11.2 Å². The first-order chi connectivity index (χ1) is 7.72. The molecule has 2 heterocycles. The number of nitriles is 1. The third-order valence-corrected chi connectivity index (χ3v) is 2.58. The third-order valence-electron chi connectivity index (χ3n) is 2.58. The summed E-state index contributed by atoms with van der Waals surface area (Å²) in [5.74, 6) is 0.964. The lowest BCUT2D eigenvalue weighted by Gasteiger charge is -2.03. The molecular formula is C12H14N4. The van der Waals surface area contributed by atoms with Crippen molar-refractivity contribution in [3.05, 3.63) is 23.7 Å². The van der Waals surface area contributed by atoms with Crippen molar-refractivity contribution in [2.24, 2.45) is 0 Å². The summed E-state index contributed by atoms with van der Waals surface area (Å²) in [5, 5.41) is 8.52. The molecule has 16 heavy (non-hydrogen) atoms. The zero-order valence-electron chi connectivity index (χ0n) is 9.56. The second-order valence-electron chi connectivity index (χ2n) is 3.93. The molecule has 0 aromatic carbocycles. The van der Waals surface area contributed by atoms with E-state index < -0.39 is 0 Å². The van der Waals surface area contributed by atoms with Crippen LogP contribution in [0.5, 0.6) is 0 Å². The Labute approximate surface area is 94.6 Å². The van der Waals surface area contributed by atoms with Crippen LogP contribution in [0.1, 0.15) is 24.2 Å². The van der Waals surface area contributed by atoms with Gasteiger partial charge in [-0.3, -0.25) is 0 Å². The monoisotopic (exact) mass is 214 g/mol. The van der Waals surface area contributed by atoms with Crippen LogP contribution in [0.3, 0.4) is 0 Å². The van der Waals surface area contributed by atoms with Gasteiger partial charge in [-0.1, -0.05) is 0 Å². The lowest BCUT2D eigenvalue weighted by Crippen LogP contribution is -2.01. The Kier molecular flexibility index (Phi) is 2.86. The number of rotatable bonds is 3. The topological polar surface area (TPSA) is 54.5 Å². The second-order valence-corrected chi connectivity index (χ2v) is 3.93. The molecule has 2 aromatic rings. The number of pyridine rings is 1. The van der Waals surface area contributed by atoms with Crippen molar-refractivity contribution in [3.63, 3.8) is 0 Å². The molecule has 2 aromatic heterocycles. The Balaban J connectivity index is 2.37. The van der Waals surface area contributed by atoms with Gasteiger partial charge in [-0.15, -0.1) is 0 Å². The third kappa shape index (κ3) is 1.89. The molecule has 0 atom stereocenters. The highest BCUT2D eigenvalue weighted by molar-refractivity contribution is 5.72. The quantitative estimate of drug-likeness (QED) is 0.737. The van der Waals surface area contributed by atoms with Crippen LogP contribution in [0, 0.1) is 25.2 Å². The number of imidazole rings is 1. The van der Waals surface area contributed by atoms with Gasteiger partial charge in [0.25, 0.3) is 0 Å². The van der Waals surface area contributed by atoms with E-state index in [1.54, 1.807) is 0 Å². The number of hydrogen-bond acceptors (Lipinski definition) is 3. The van der Waals surface area contributed by atoms with E-state index in [-0.39, 0.29) is 0 Å². The van der Waals surface area contributed by atoms with Crippen molar-refractivity contribution in [2.45, 2.75) is 33.2 Å². The first kappa shape index (κ1) is 10.6. The highest BCUT2D eigenvalue weighted by atomic mass is 15.1. The molecule has 0 N–H and O–H groups in total. The van der Waals surface area contributed by atoms with Gasteiger partial charge in [0, 0.05) is 19.2 Å². The molecule has 0 saturated carbocycles. The molecule has 0 unspecified atom stereocenters. The zero-order valence-corrected chi connectivity index (χ0v) is 9.56. The van der Waals surface area contributed by atoms with Crippen LogP contribution in [-0.2, 0) is 6.54 Å². The Hall–Kier alpha value is -1.89. The molecule has 82 valence electrons. The fourth-order valence-corrected chi connectivity index (χ4v) is 1.81. The molecule has 2 rings (SSSR count). The van der Waals surface area contributed by atoms with Gasteiger partial charge in [0.1, 0.15) is 11.3 Å². The summed E-state index contributed by atoms with van der Waals surface area (Å²) in [6, 6.07) is 4.19. The van der Waals surface area contributed by atoms with Crippen LogP contribution in [0.15, 0.2) is 12.3 Å². The van der Waals surface area contributed by atoms with Gasteiger partial charge in [0.05, 0.1) is 6.07 Å². The van der Waals surface area contributed by atoms with Gasteiger partial charge in [-0.25, -0.2) is 9.97 Å². The molecule has 4 heteroatoms. The largest absolute Gasteiger partial charge is 0.313 e. The minimum atomic E-state index is 0.574. The van der Waals surface area contributed by atoms with E-state index in [2.05, 4.69) is 20.6 Å². The molecule has 0 aliphatic rings. The van der Waals surface area contributed by atoms with Crippen LogP contribution >= 0.6 is 0 Å². The normalized spacial score (nSPS) is 10.6. The smallest absolute Gasteiger partial charge is 0.159 e. The number of unbranched alkanes of at least 4 members (excludes halogenated alkanes) is 1. The molecule has 0 radical (unpaired) electrons. The van der Waals surface area contributed by atoms with Gasteiger partial charge in [0.15, 0.2) is 5.65 Å². The molecule has 0 fully saturated rings. The van der Waals surface area contributed by atoms with Crippen LogP contribution in [0.4, 0.5) is 0 Å². The lowest BCUT2D eigenvalue weighted by atomic mass is 10.3. The van der Waals surface area contributed by atoms with Crippen molar-refractivity contribution < 1.29 is 0 Å². The maximum atomic E-state index is 8.52. The van der Waals surface area contributed by atoms with Gasteiger partial charge in [-0.05, 0) is 31.9 Å². The lowest BCUT2D eigenvalue weighted by molar-refractivity contribution is 0.647. The Morgan fingerprint density at radius 3 is 3.00 bits per heavy atom. The molecular weight excluding hydrogens is 200 g/mol. The van der Waals surface area contributed by atoms with Crippen molar-refractivity contribution in [3.8, 4) is 6.07 Å². The number of fused-ring (bicyclic) bond motifs is 1. The fraction of sp³-hybridized carbons (Fsp3) is 0.417. The maximum absolute atomic E-state index is 8.52. The Morgan fingerprint density at radius 1 is 1.44 bits per heavy atom. The highest BCUT2D eigenvalue weighted by Crippen LogP contribution is 2.15. The molecule has 0 spiro atoms. The first-order valence-corrected chi connectivity index (χ1v) is 5.39. The zero-order chi connectivity index (χ0) is 11.5. The second kappa shape index (κ2) is 4.31. The summed E-state index contributed by atoms with van der Waals surface area (Å²) in [6.07, 6.45) is 3.27. The summed E-state index contributed by atoms with van der Waals surface area (Å²) >= 11 is 0. The van der Waals surface area contributed by atoms with E-state index in [4.69, 9.17) is 5.26 Å². The van der Waals surface area contributed by atoms with Gasteiger partial charge in [0.2, 0.25) is 0 Å². The minimum Gasteiger partial charge on any atom is -0.313 e. The summed E-state index contributed by atoms with van der Waals surface area (Å²) in [4.78, 5) is 8.87. The molecule has 0 amide bonds. The van der Waals surface area contributed by atoms with E-state index in [0.29, 0.717) is 6.42 Å². The molecule has 0 saturated heterocycles. The summed E-state index contributed by atoms with van der Waals surface area (Å²) in [5.41, 5.74) is 2.98. The van der Waals surface area contributed by atoms with Crippen LogP contribution in [0.2, 0.25) is 0 Å². The van der Waals surface area contributed by atoms with Crippen molar-refractivity contribution in [1.82, 2.24) is 14.5 Å². The predicted molar refractivity (Wildman–Crippen MR) is 61.8 cm³/mol. The Bertz CT molecular complexity index is 548. The van der Waals surface area contributed by atoms with Crippen molar-refractivity contribution in [2.75, 3.05) is 0 Å². The van der Waals surface area contributed by atoms with E-state index in [0.717, 1.165) is 35.5 Å². The maximum Gasteiger partial charge on any atom is 0.159 e. The molecule has 0 aliphatic carbocycles. The average molecular weight is 214 g/mol. The number of nitrogens with zero attached hydrogens (tertiary/aromatic N) is 4. The summed E-state index contributed by atoms with van der Waals surface area (Å²) < 4.78 is 2.08. The van der Waals surface area contributed by atoms with Crippen LogP contribution in [-0.4, -0.2) is 14.5 Å². The average Bonchev–Trinajstić information content (AvgIpc) is 2.55. The summed E-state index contributed by atoms with van der Waals surface area (Å²) in [6.45, 7) is 4.80. The SMILES string of the molecule is Cc1cnc2c(c1)nc(C)n2CCCC#N. The first-order valence-electron chi connectivity index (χ1n) is 5.39. The molecule has 4 nitrogen and oxygen atoms in total. The van der Waals surface area contributed by atoms with Crippen LogP contribution in [0.25, 0.3) is 11.2 Å². The summed E-state index contributed by atoms with van der Waals surface area (Å²) in [7, 11) is 0. The standard InChI is InChI=1S/C12H14N4/c1-9-7-11-12(14-8-9)16(10(2)15-11)6-4-3-5-13/h7-8H,3-4,6H2,1-2H3. The van der Waals surface area contributed by atoms with E-state index in [9.17, 15) is 0 Å². The Morgan fingerprint density at radius 2 is 2.25 bits per heavy atom. The van der Waals surface area contributed by atoms with E-state index in [1.807, 2.05) is 26.1 Å². The van der Waals surface area contributed by atoms with E-state index >= 15 is 0 Å². The number of hydrogen-bond donors (Lipinski definition) is 0. The molecule has 0 bridgehead atoms. The fourth-order valence-electron chi connectivity index (χ4n) is 1.81. The van der Waals surface area contributed by atoms with Gasteiger partial charge in [-0.2, -0.15) is 5.26 Å². The van der Waals surface area contributed by atoms with Gasteiger partial charge >= 0.3 is 0 Å². The molecule has 0 aliphatic heterocycles. The predicted octanol–water partition coefficient (Wildman–Crippen LogP) is 2.35. The number of aromatic nitrogens is 3. The van der Waals surface area contributed by atoms with E-state index in [1.165, 1.54) is 0 Å². The highest BCUT2D eigenvalue weighted by Gasteiger charge is 2.07. The van der Waals surface area contributed by atoms with Crippen molar-refractivity contribution in [1.29, 1.82) is 5.26 Å².